The van der Waals surface area contributed by atoms with Crippen LogP contribution in [0.1, 0.15) is 28.8 Å². The first-order valence-corrected chi connectivity index (χ1v) is 7.32. The molecule has 2 atom stereocenters. The Morgan fingerprint density at radius 3 is 2.39 bits per heavy atom. The molecule has 23 heavy (non-hydrogen) atoms. The number of methoxy groups -OCH3 is 1. The molecule has 0 saturated heterocycles. The quantitative estimate of drug-likeness (QED) is 0.553. The van der Waals surface area contributed by atoms with E-state index in [0.29, 0.717) is 24.3 Å². The molecule has 0 radical (unpaired) electrons. The number of aliphatic hydroxyl groups is 1. The molecular weight excluding hydrogens is 298 g/mol. The summed E-state index contributed by atoms with van der Waals surface area (Å²) >= 11 is 0. The third-order valence-corrected chi connectivity index (χ3v) is 4.16. The van der Waals surface area contributed by atoms with E-state index in [1.165, 1.54) is 19.2 Å². The lowest BCUT2D eigenvalue weighted by atomic mass is 9.88. The van der Waals surface area contributed by atoms with E-state index in [2.05, 4.69) is 5.32 Å². The Bertz CT molecular complexity index is 731. The third kappa shape index (κ3) is 2.91. The molecular formula is C17H19NO5. The smallest absolute Gasteiger partial charge is 0.160 e. The summed E-state index contributed by atoms with van der Waals surface area (Å²) < 4.78 is 5.03. The van der Waals surface area contributed by atoms with Gasteiger partial charge in [0, 0.05) is 12.6 Å². The van der Waals surface area contributed by atoms with Gasteiger partial charge in [0.05, 0.1) is 13.2 Å². The number of nitrogens with one attached hydrogen (secondary N) is 1. The van der Waals surface area contributed by atoms with Crippen LogP contribution >= 0.6 is 0 Å². The van der Waals surface area contributed by atoms with Gasteiger partial charge < -0.3 is 30.5 Å². The number of hydrogen-bond donors (Lipinski definition) is 5. The lowest BCUT2D eigenvalue weighted by Crippen LogP contribution is -2.34. The highest BCUT2D eigenvalue weighted by atomic mass is 16.5. The van der Waals surface area contributed by atoms with Gasteiger partial charge in [-0.05, 0) is 47.4 Å². The number of phenolic OH excluding ortho intramolecular Hbond substituents is 3. The van der Waals surface area contributed by atoms with Crippen LogP contribution in [0.4, 0.5) is 0 Å². The number of aromatic hydroxyl groups is 3. The van der Waals surface area contributed by atoms with Crippen molar-refractivity contribution in [3.8, 4) is 23.0 Å². The predicted molar refractivity (Wildman–Crippen MR) is 83.8 cm³/mol. The summed E-state index contributed by atoms with van der Waals surface area (Å²) in [6, 6.07) is 7.89. The SMILES string of the molecule is COc1ccc(CC2NCC(O)c3cc(O)c(O)cc32)cc1O. The zero-order valence-corrected chi connectivity index (χ0v) is 12.7. The second kappa shape index (κ2) is 5.98. The minimum absolute atomic E-state index is 0.0645. The average molecular weight is 317 g/mol. The van der Waals surface area contributed by atoms with Crippen LogP contribution in [0, 0.1) is 0 Å². The van der Waals surface area contributed by atoms with Crippen molar-refractivity contribution in [1.82, 2.24) is 5.32 Å². The molecule has 1 heterocycles. The molecule has 3 rings (SSSR count). The van der Waals surface area contributed by atoms with Crippen molar-refractivity contribution in [3.05, 3.63) is 47.0 Å². The number of fused-ring (bicyclic) bond motifs is 1. The Kier molecular flexibility index (Phi) is 4.02. The van der Waals surface area contributed by atoms with Crippen LogP contribution in [0.25, 0.3) is 0 Å². The molecule has 2 unspecified atom stereocenters. The minimum Gasteiger partial charge on any atom is -0.504 e. The van der Waals surface area contributed by atoms with Crippen LogP contribution in [0.2, 0.25) is 0 Å². The number of β-amino-alcohol motifs (C(OH)–C–C–N with tert-alkyl or cyclic N) is 1. The molecule has 0 bridgehead atoms. The van der Waals surface area contributed by atoms with Gasteiger partial charge in [-0.25, -0.2) is 0 Å². The van der Waals surface area contributed by atoms with E-state index in [0.717, 1.165) is 11.1 Å². The van der Waals surface area contributed by atoms with Crippen LogP contribution in [0.3, 0.4) is 0 Å². The molecule has 2 aromatic rings. The van der Waals surface area contributed by atoms with Gasteiger partial charge in [-0.3, -0.25) is 0 Å². The monoisotopic (exact) mass is 317 g/mol. The molecule has 122 valence electrons. The summed E-state index contributed by atoms with van der Waals surface area (Å²) in [5.41, 5.74) is 2.21. The number of ether oxygens (including phenoxy) is 1. The Morgan fingerprint density at radius 2 is 1.74 bits per heavy atom. The highest BCUT2D eigenvalue weighted by molar-refractivity contribution is 5.49. The van der Waals surface area contributed by atoms with Crippen molar-refractivity contribution in [3.63, 3.8) is 0 Å². The lowest BCUT2D eigenvalue weighted by Gasteiger charge is -2.30. The molecule has 0 spiro atoms. The van der Waals surface area contributed by atoms with Gasteiger partial charge in [0.15, 0.2) is 23.0 Å². The van der Waals surface area contributed by atoms with Gasteiger partial charge in [-0.2, -0.15) is 0 Å². The first kappa shape index (κ1) is 15.5. The summed E-state index contributed by atoms with van der Waals surface area (Å²) in [6.07, 6.45) is -0.182. The molecule has 0 aliphatic carbocycles. The minimum atomic E-state index is -0.739. The van der Waals surface area contributed by atoms with Crippen molar-refractivity contribution in [2.45, 2.75) is 18.6 Å². The van der Waals surface area contributed by atoms with E-state index in [1.54, 1.807) is 12.1 Å². The molecule has 0 saturated carbocycles. The first-order valence-electron chi connectivity index (χ1n) is 7.32. The third-order valence-electron chi connectivity index (χ3n) is 4.16. The zero-order chi connectivity index (χ0) is 16.6. The number of phenols is 3. The Balaban J connectivity index is 1.92. The first-order chi connectivity index (χ1) is 11.0. The van der Waals surface area contributed by atoms with E-state index in [1.807, 2.05) is 6.07 Å². The number of hydrogen-bond acceptors (Lipinski definition) is 6. The van der Waals surface area contributed by atoms with E-state index in [4.69, 9.17) is 4.74 Å². The normalized spacial score (nSPS) is 20.1. The fourth-order valence-electron chi connectivity index (χ4n) is 2.95. The Labute approximate surface area is 133 Å². The van der Waals surface area contributed by atoms with Gasteiger partial charge in [0.25, 0.3) is 0 Å². The molecule has 5 N–H and O–H groups in total. The highest BCUT2D eigenvalue weighted by Crippen LogP contribution is 2.38. The maximum Gasteiger partial charge on any atom is 0.160 e. The number of aliphatic hydroxyl groups excluding tert-OH is 1. The summed E-state index contributed by atoms with van der Waals surface area (Å²) in [5.74, 6) is 0.00568. The van der Waals surface area contributed by atoms with Crippen molar-refractivity contribution in [2.24, 2.45) is 0 Å². The van der Waals surface area contributed by atoms with Gasteiger partial charge in [-0.15, -0.1) is 0 Å². The van der Waals surface area contributed by atoms with Crippen molar-refractivity contribution in [2.75, 3.05) is 13.7 Å². The molecule has 0 amide bonds. The molecule has 0 aromatic heterocycles. The standard InChI is InChI=1S/C17H19NO5/c1-23-17-3-2-9(5-15(17)21)4-12-10-6-13(19)14(20)7-11(10)16(22)8-18-12/h2-3,5-7,12,16,18-22H,4,8H2,1H3. The average Bonchev–Trinajstić information content (AvgIpc) is 2.52. The Hall–Kier alpha value is -2.44. The molecule has 2 aromatic carbocycles. The fourth-order valence-corrected chi connectivity index (χ4v) is 2.95. The predicted octanol–water partition coefficient (Wildman–Crippen LogP) is 1.73. The zero-order valence-electron chi connectivity index (χ0n) is 12.7. The second-order valence-corrected chi connectivity index (χ2v) is 5.66. The van der Waals surface area contributed by atoms with Gasteiger partial charge in [0.2, 0.25) is 0 Å². The van der Waals surface area contributed by atoms with Crippen LogP contribution in [-0.4, -0.2) is 34.1 Å². The second-order valence-electron chi connectivity index (χ2n) is 5.66. The van der Waals surface area contributed by atoms with Crippen molar-refractivity contribution in [1.29, 1.82) is 0 Å². The van der Waals surface area contributed by atoms with Gasteiger partial charge in [-0.1, -0.05) is 6.07 Å². The van der Waals surface area contributed by atoms with Crippen LogP contribution in [0.15, 0.2) is 30.3 Å². The summed E-state index contributed by atoms with van der Waals surface area (Å²) in [5, 5.41) is 42.5. The molecule has 0 fully saturated rings. The lowest BCUT2D eigenvalue weighted by molar-refractivity contribution is 0.156. The van der Waals surface area contributed by atoms with Crippen LogP contribution in [-0.2, 0) is 6.42 Å². The summed E-state index contributed by atoms with van der Waals surface area (Å²) in [7, 11) is 1.49. The van der Waals surface area contributed by atoms with E-state index >= 15 is 0 Å². The van der Waals surface area contributed by atoms with Crippen molar-refractivity contribution < 1.29 is 25.2 Å². The summed E-state index contributed by atoms with van der Waals surface area (Å²) in [4.78, 5) is 0. The molecule has 6 nitrogen and oxygen atoms in total. The maximum atomic E-state index is 10.1. The molecule has 6 heteroatoms. The van der Waals surface area contributed by atoms with E-state index in [9.17, 15) is 20.4 Å². The van der Waals surface area contributed by atoms with Gasteiger partial charge in [0.1, 0.15) is 0 Å². The molecule has 1 aliphatic rings. The Morgan fingerprint density at radius 1 is 1.04 bits per heavy atom. The number of rotatable bonds is 3. The van der Waals surface area contributed by atoms with Crippen LogP contribution < -0.4 is 10.1 Å². The van der Waals surface area contributed by atoms with E-state index < -0.39 is 6.10 Å². The maximum absolute atomic E-state index is 10.1. The number of benzene rings is 2. The highest BCUT2D eigenvalue weighted by Gasteiger charge is 2.27. The summed E-state index contributed by atoms with van der Waals surface area (Å²) in [6.45, 7) is 0.351. The molecule has 1 aliphatic heterocycles. The fraction of sp³-hybridized carbons (Fsp3) is 0.294. The van der Waals surface area contributed by atoms with Crippen LogP contribution in [0.5, 0.6) is 23.0 Å². The largest absolute Gasteiger partial charge is 0.504 e. The topological polar surface area (TPSA) is 102 Å². The van der Waals surface area contributed by atoms with Crippen molar-refractivity contribution >= 4 is 0 Å². The van der Waals surface area contributed by atoms with Gasteiger partial charge >= 0.3 is 0 Å². The van der Waals surface area contributed by atoms with E-state index in [-0.39, 0.29) is 23.3 Å².